The molecule has 0 unspecified atom stereocenters. The predicted octanol–water partition coefficient (Wildman–Crippen LogP) is 1.25. The van der Waals surface area contributed by atoms with Crippen LogP contribution in [0.25, 0.3) is 0 Å². The summed E-state index contributed by atoms with van der Waals surface area (Å²) >= 11 is 5.76. The Balaban J connectivity index is 2.36. The van der Waals surface area contributed by atoms with Crippen LogP contribution >= 0.6 is 11.6 Å². The third-order valence-electron chi connectivity index (χ3n) is 1.85. The highest BCUT2D eigenvalue weighted by Gasteiger charge is 2.07. The lowest BCUT2D eigenvalue weighted by molar-refractivity contribution is 0.725. The fourth-order valence-electron chi connectivity index (χ4n) is 1.25. The molecule has 0 fully saturated rings. The van der Waals surface area contributed by atoms with E-state index in [2.05, 4.69) is 15.6 Å². The third-order valence-corrected chi connectivity index (χ3v) is 2.06. The van der Waals surface area contributed by atoms with Crippen molar-refractivity contribution in [1.29, 1.82) is 0 Å². The standard InChI is InChI=1S/C8H10ClN3/c9-7-2-1-6-5-10-3-4-11-8(6)12-7/h1-2,10H,3-5H2,(H,11,12). The summed E-state index contributed by atoms with van der Waals surface area (Å²) in [4.78, 5) is 4.19. The second kappa shape index (κ2) is 3.29. The average Bonchev–Trinajstić information content (AvgIpc) is 2.28. The lowest BCUT2D eigenvalue weighted by atomic mass is 10.2. The fourth-order valence-corrected chi connectivity index (χ4v) is 1.40. The van der Waals surface area contributed by atoms with Crippen LogP contribution in [0.2, 0.25) is 5.15 Å². The van der Waals surface area contributed by atoms with E-state index in [9.17, 15) is 0 Å². The van der Waals surface area contributed by atoms with Gasteiger partial charge >= 0.3 is 0 Å². The largest absolute Gasteiger partial charge is 0.368 e. The maximum absolute atomic E-state index is 5.76. The van der Waals surface area contributed by atoms with Gasteiger partial charge in [0.1, 0.15) is 11.0 Å². The molecule has 0 saturated heterocycles. The number of fused-ring (bicyclic) bond motifs is 1. The number of hydrogen-bond acceptors (Lipinski definition) is 3. The van der Waals surface area contributed by atoms with E-state index >= 15 is 0 Å². The topological polar surface area (TPSA) is 37.0 Å². The van der Waals surface area contributed by atoms with Gasteiger partial charge in [0.2, 0.25) is 0 Å². The van der Waals surface area contributed by atoms with Crippen LogP contribution in [-0.4, -0.2) is 18.1 Å². The number of nitrogens with one attached hydrogen (secondary N) is 2. The zero-order valence-corrected chi connectivity index (χ0v) is 7.36. The summed E-state index contributed by atoms with van der Waals surface area (Å²) in [7, 11) is 0. The lowest BCUT2D eigenvalue weighted by Crippen LogP contribution is -2.16. The van der Waals surface area contributed by atoms with Crippen molar-refractivity contribution >= 4 is 17.4 Å². The molecular formula is C8H10ClN3. The van der Waals surface area contributed by atoms with Gasteiger partial charge in [-0.05, 0) is 6.07 Å². The molecule has 2 rings (SSSR count). The zero-order valence-electron chi connectivity index (χ0n) is 6.60. The van der Waals surface area contributed by atoms with E-state index in [0.717, 1.165) is 25.5 Å². The molecule has 0 amide bonds. The molecule has 0 saturated carbocycles. The number of anilines is 1. The van der Waals surface area contributed by atoms with Crippen molar-refractivity contribution < 1.29 is 0 Å². The highest BCUT2D eigenvalue weighted by molar-refractivity contribution is 6.29. The summed E-state index contributed by atoms with van der Waals surface area (Å²) in [6, 6.07) is 3.81. The summed E-state index contributed by atoms with van der Waals surface area (Å²) in [6.45, 7) is 2.74. The van der Waals surface area contributed by atoms with Crippen molar-refractivity contribution in [3.63, 3.8) is 0 Å². The van der Waals surface area contributed by atoms with Gasteiger partial charge in [0.15, 0.2) is 0 Å². The Morgan fingerprint density at radius 3 is 3.17 bits per heavy atom. The van der Waals surface area contributed by atoms with Crippen LogP contribution in [0, 0.1) is 0 Å². The molecule has 4 heteroatoms. The highest BCUT2D eigenvalue weighted by Crippen LogP contribution is 2.17. The van der Waals surface area contributed by atoms with Gasteiger partial charge in [-0.3, -0.25) is 0 Å². The SMILES string of the molecule is Clc1ccc2c(n1)NCCNC2. The van der Waals surface area contributed by atoms with Crippen molar-refractivity contribution in [3.05, 3.63) is 22.8 Å². The molecule has 64 valence electrons. The molecule has 1 aliphatic heterocycles. The first-order valence-electron chi connectivity index (χ1n) is 3.96. The maximum atomic E-state index is 5.76. The monoisotopic (exact) mass is 183 g/mol. The first-order valence-corrected chi connectivity index (χ1v) is 4.34. The molecule has 0 radical (unpaired) electrons. The minimum Gasteiger partial charge on any atom is -0.368 e. The van der Waals surface area contributed by atoms with E-state index in [1.807, 2.05) is 12.1 Å². The first kappa shape index (κ1) is 7.83. The molecule has 0 spiro atoms. The quantitative estimate of drug-likeness (QED) is 0.595. The van der Waals surface area contributed by atoms with Crippen LogP contribution in [0.1, 0.15) is 5.56 Å². The summed E-state index contributed by atoms with van der Waals surface area (Å²) in [5.41, 5.74) is 1.18. The van der Waals surface area contributed by atoms with Crippen LogP contribution < -0.4 is 10.6 Å². The Kier molecular flexibility index (Phi) is 2.15. The van der Waals surface area contributed by atoms with Crippen LogP contribution in [0.5, 0.6) is 0 Å². The minimum atomic E-state index is 0.545. The number of rotatable bonds is 0. The molecule has 0 aliphatic carbocycles. The van der Waals surface area contributed by atoms with Gasteiger partial charge in [-0.15, -0.1) is 0 Å². The zero-order chi connectivity index (χ0) is 8.39. The Morgan fingerprint density at radius 2 is 2.25 bits per heavy atom. The van der Waals surface area contributed by atoms with Crippen molar-refractivity contribution in [1.82, 2.24) is 10.3 Å². The number of pyridine rings is 1. The minimum absolute atomic E-state index is 0.545. The van der Waals surface area contributed by atoms with Gasteiger partial charge < -0.3 is 10.6 Å². The third kappa shape index (κ3) is 1.52. The van der Waals surface area contributed by atoms with E-state index in [4.69, 9.17) is 11.6 Å². The Labute approximate surface area is 76.1 Å². The molecule has 3 nitrogen and oxygen atoms in total. The second-order valence-electron chi connectivity index (χ2n) is 2.75. The second-order valence-corrected chi connectivity index (χ2v) is 3.13. The van der Waals surface area contributed by atoms with Gasteiger partial charge in [0.05, 0.1) is 0 Å². The summed E-state index contributed by atoms with van der Waals surface area (Å²) in [6.07, 6.45) is 0. The first-order chi connectivity index (χ1) is 5.86. The average molecular weight is 184 g/mol. The van der Waals surface area contributed by atoms with Gasteiger partial charge in [-0.2, -0.15) is 0 Å². The maximum Gasteiger partial charge on any atom is 0.132 e. The van der Waals surface area contributed by atoms with Crippen LogP contribution in [0.15, 0.2) is 12.1 Å². The molecule has 1 aromatic rings. The molecule has 1 aromatic heterocycles. The summed E-state index contributed by atoms with van der Waals surface area (Å²) < 4.78 is 0. The van der Waals surface area contributed by atoms with Gasteiger partial charge in [-0.1, -0.05) is 17.7 Å². The normalized spacial score (nSPS) is 16.1. The molecule has 2 heterocycles. The van der Waals surface area contributed by atoms with Crippen LogP contribution in [-0.2, 0) is 6.54 Å². The van der Waals surface area contributed by atoms with Gasteiger partial charge in [0.25, 0.3) is 0 Å². The summed E-state index contributed by atoms with van der Waals surface area (Å²) in [5, 5.41) is 7.03. The molecule has 0 aromatic carbocycles. The fraction of sp³-hybridized carbons (Fsp3) is 0.375. The number of nitrogens with zero attached hydrogens (tertiary/aromatic N) is 1. The van der Waals surface area contributed by atoms with Crippen molar-refractivity contribution in [2.45, 2.75) is 6.54 Å². The molecule has 0 bridgehead atoms. The van der Waals surface area contributed by atoms with Crippen molar-refractivity contribution in [2.75, 3.05) is 18.4 Å². The van der Waals surface area contributed by atoms with Crippen LogP contribution in [0.3, 0.4) is 0 Å². The smallest absolute Gasteiger partial charge is 0.132 e. The number of aromatic nitrogens is 1. The molecule has 0 atom stereocenters. The van der Waals surface area contributed by atoms with Crippen molar-refractivity contribution in [2.24, 2.45) is 0 Å². The number of halogens is 1. The predicted molar refractivity (Wildman–Crippen MR) is 49.4 cm³/mol. The molecule has 2 N–H and O–H groups in total. The molecular weight excluding hydrogens is 174 g/mol. The van der Waals surface area contributed by atoms with Gasteiger partial charge in [-0.25, -0.2) is 4.98 Å². The van der Waals surface area contributed by atoms with Crippen molar-refractivity contribution in [3.8, 4) is 0 Å². The Hall–Kier alpha value is -0.800. The Bertz CT molecular complexity index is 288. The van der Waals surface area contributed by atoms with Gasteiger partial charge in [0, 0.05) is 25.2 Å². The van der Waals surface area contributed by atoms with E-state index in [1.165, 1.54) is 5.56 Å². The van der Waals surface area contributed by atoms with E-state index < -0.39 is 0 Å². The Morgan fingerprint density at radius 1 is 1.33 bits per heavy atom. The summed E-state index contributed by atoms with van der Waals surface area (Å²) in [5.74, 6) is 0.910. The number of hydrogen-bond donors (Lipinski definition) is 2. The lowest BCUT2D eigenvalue weighted by Gasteiger charge is -2.04. The van der Waals surface area contributed by atoms with E-state index in [1.54, 1.807) is 0 Å². The highest BCUT2D eigenvalue weighted by atomic mass is 35.5. The van der Waals surface area contributed by atoms with E-state index in [0.29, 0.717) is 5.15 Å². The molecule has 12 heavy (non-hydrogen) atoms. The van der Waals surface area contributed by atoms with E-state index in [-0.39, 0.29) is 0 Å². The van der Waals surface area contributed by atoms with Crippen LogP contribution in [0.4, 0.5) is 5.82 Å². The molecule has 1 aliphatic rings.